The number of benzene rings is 2. The number of rotatable bonds is 6. The molecule has 0 spiro atoms. The van der Waals surface area contributed by atoms with Crippen LogP contribution in [-0.4, -0.2) is 32.0 Å². The topological polar surface area (TPSA) is 64.7 Å². The number of hydrogen-bond acceptors (Lipinski definition) is 3. The van der Waals surface area contributed by atoms with E-state index in [4.69, 9.17) is 0 Å². The molecule has 0 saturated heterocycles. The second kappa shape index (κ2) is 8.10. The van der Waals surface area contributed by atoms with Crippen molar-refractivity contribution in [2.75, 3.05) is 6.54 Å². The quantitative estimate of drug-likeness (QED) is 0.549. The van der Waals surface area contributed by atoms with Gasteiger partial charge in [0, 0.05) is 18.9 Å². The van der Waals surface area contributed by atoms with Gasteiger partial charge in [0.25, 0.3) is 5.91 Å². The number of amides is 1. The van der Waals surface area contributed by atoms with Crippen molar-refractivity contribution >= 4 is 5.91 Å². The molecule has 0 aliphatic rings. The average Bonchev–Trinajstić information content (AvgIpc) is 3.39. The Hall–Kier alpha value is -3.74. The maximum absolute atomic E-state index is 14.0. The summed E-state index contributed by atoms with van der Waals surface area (Å²) in [5.74, 6) is -0.609. The molecule has 4 aromatic rings. The van der Waals surface area contributed by atoms with Crippen LogP contribution in [0, 0.1) is 12.7 Å². The van der Waals surface area contributed by atoms with E-state index in [2.05, 4.69) is 15.5 Å². The van der Waals surface area contributed by atoms with Crippen molar-refractivity contribution in [2.24, 2.45) is 0 Å². The number of para-hydroxylation sites is 1. The van der Waals surface area contributed by atoms with Gasteiger partial charge < -0.3 is 5.32 Å². The first-order valence-electron chi connectivity index (χ1n) is 9.30. The minimum atomic E-state index is -0.385. The zero-order valence-corrected chi connectivity index (χ0v) is 15.9. The summed E-state index contributed by atoms with van der Waals surface area (Å²) in [6, 6.07) is 16.2. The minimum absolute atomic E-state index is 0.224. The highest BCUT2D eigenvalue weighted by molar-refractivity contribution is 5.95. The molecule has 0 unspecified atom stereocenters. The highest BCUT2D eigenvalue weighted by Crippen LogP contribution is 2.17. The third-order valence-corrected chi connectivity index (χ3v) is 4.74. The van der Waals surface area contributed by atoms with Crippen LogP contribution in [0.15, 0.2) is 73.2 Å². The molecule has 6 nitrogen and oxygen atoms in total. The molecular formula is C22H20FN5O. The van der Waals surface area contributed by atoms with Crippen molar-refractivity contribution in [1.82, 2.24) is 24.9 Å². The SMILES string of the molecule is Cc1c(C(=O)NCCc2ccc(-n3cccn3)cc2)cnn1-c1ccccc1F. The van der Waals surface area contributed by atoms with Crippen LogP contribution in [0.5, 0.6) is 0 Å². The van der Waals surface area contributed by atoms with Crippen molar-refractivity contribution < 1.29 is 9.18 Å². The van der Waals surface area contributed by atoms with E-state index in [0.29, 0.717) is 29.9 Å². The van der Waals surface area contributed by atoms with Crippen molar-refractivity contribution in [3.05, 3.63) is 95.8 Å². The van der Waals surface area contributed by atoms with Crippen LogP contribution in [0.1, 0.15) is 21.6 Å². The Morgan fingerprint density at radius 2 is 1.86 bits per heavy atom. The molecule has 1 amide bonds. The smallest absolute Gasteiger partial charge is 0.254 e. The van der Waals surface area contributed by atoms with E-state index < -0.39 is 0 Å². The minimum Gasteiger partial charge on any atom is -0.352 e. The van der Waals surface area contributed by atoms with Crippen molar-refractivity contribution in [3.63, 3.8) is 0 Å². The Kier molecular flexibility index (Phi) is 5.20. The number of halogens is 1. The zero-order valence-electron chi connectivity index (χ0n) is 15.9. The molecule has 7 heteroatoms. The summed E-state index contributed by atoms with van der Waals surface area (Å²) < 4.78 is 17.2. The standard InChI is InChI=1S/C22H20FN5O/c1-16-19(15-26-28(16)21-6-3-2-5-20(21)23)22(29)24-13-11-17-7-9-18(10-8-17)27-14-4-12-25-27/h2-10,12,14-15H,11,13H2,1H3,(H,24,29). The van der Waals surface area contributed by atoms with Crippen LogP contribution in [-0.2, 0) is 6.42 Å². The number of aromatic nitrogens is 4. The Bertz CT molecular complexity index is 1120. The number of nitrogens with one attached hydrogen (secondary N) is 1. The van der Waals surface area contributed by atoms with Crippen LogP contribution in [0.4, 0.5) is 4.39 Å². The van der Waals surface area contributed by atoms with E-state index in [1.807, 2.05) is 36.5 Å². The van der Waals surface area contributed by atoms with Crippen LogP contribution in [0.3, 0.4) is 0 Å². The van der Waals surface area contributed by atoms with Gasteiger partial charge >= 0.3 is 0 Å². The Morgan fingerprint density at radius 3 is 2.59 bits per heavy atom. The summed E-state index contributed by atoms with van der Waals surface area (Å²) in [5.41, 5.74) is 3.44. The van der Waals surface area contributed by atoms with Gasteiger partial charge in [-0.1, -0.05) is 24.3 Å². The number of nitrogens with zero attached hydrogens (tertiary/aromatic N) is 4. The molecule has 1 N–H and O–H groups in total. The van der Waals surface area contributed by atoms with Crippen LogP contribution in [0.2, 0.25) is 0 Å². The fraction of sp³-hybridized carbons (Fsp3) is 0.136. The maximum atomic E-state index is 14.0. The molecule has 0 bridgehead atoms. The molecule has 2 heterocycles. The maximum Gasteiger partial charge on any atom is 0.254 e. The van der Waals surface area contributed by atoms with Crippen LogP contribution >= 0.6 is 0 Å². The second-order valence-corrected chi connectivity index (χ2v) is 6.63. The largest absolute Gasteiger partial charge is 0.352 e. The third kappa shape index (κ3) is 3.94. The lowest BCUT2D eigenvalue weighted by molar-refractivity contribution is 0.0953. The fourth-order valence-electron chi connectivity index (χ4n) is 3.15. The van der Waals surface area contributed by atoms with Gasteiger partial charge in [-0.3, -0.25) is 4.79 Å². The van der Waals surface area contributed by atoms with E-state index in [-0.39, 0.29) is 11.7 Å². The normalized spacial score (nSPS) is 10.8. The summed E-state index contributed by atoms with van der Waals surface area (Å²) >= 11 is 0. The van der Waals surface area contributed by atoms with Crippen LogP contribution < -0.4 is 5.32 Å². The molecule has 29 heavy (non-hydrogen) atoms. The number of carbonyl (C=O) groups excluding carboxylic acids is 1. The Balaban J connectivity index is 1.37. The lowest BCUT2D eigenvalue weighted by Crippen LogP contribution is -2.26. The zero-order chi connectivity index (χ0) is 20.2. The molecule has 0 atom stereocenters. The molecule has 146 valence electrons. The molecular weight excluding hydrogens is 369 g/mol. The third-order valence-electron chi connectivity index (χ3n) is 4.74. The van der Waals surface area contributed by atoms with E-state index >= 15 is 0 Å². The van der Waals surface area contributed by atoms with Gasteiger partial charge in [-0.05, 0) is 49.2 Å². The molecule has 4 rings (SSSR count). The van der Waals surface area contributed by atoms with Crippen molar-refractivity contribution in [2.45, 2.75) is 13.3 Å². The Labute approximate surface area is 167 Å². The number of hydrogen-bond donors (Lipinski definition) is 1. The predicted molar refractivity (Wildman–Crippen MR) is 108 cm³/mol. The summed E-state index contributed by atoms with van der Waals surface area (Å²) in [5, 5.41) is 11.3. The fourth-order valence-corrected chi connectivity index (χ4v) is 3.15. The van der Waals surface area contributed by atoms with Crippen LogP contribution in [0.25, 0.3) is 11.4 Å². The number of carbonyl (C=O) groups is 1. The molecule has 0 radical (unpaired) electrons. The van der Waals surface area contributed by atoms with Gasteiger partial charge in [0.2, 0.25) is 0 Å². The van der Waals surface area contributed by atoms with Gasteiger partial charge in [-0.2, -0.15) is 10.2 Å². The summed E-state index contributed by atoms with van der Waals surface area (Å²) in [4.78, 5) is 12.5. The van der Waals surface area contributed by atoms with Gasteiger partial charge in [-0.15, -0.1) is 0 Å². The molecule has 2 aromatic carbocycles. The van der Waals surface area contributed by atoms with Gasteiger partial charge in [0.15, 0.2) is 0 Å². The van der Waals surface area contributed by atoms with E-state index in [1.165, 1.54) is 16.9 Å². The van der Waals surface area contributed by atoms with E-state index in [1.54, 1.807) is 36.0 Å². The lowest BCUT2D eigenvalue weighted by Gasteiger charge is -2.08. The van der Waals surface area contributed by atoms with E-state index in [0.717, 1.165) is 11.3 Å². The van der Waals surface area contributed by atoms with Gasteiger partial charge in [-0.25, -0.2) is 13.8 Å². The molecule has 0 saturated carbocycles. The Morgan fingerprint density at radius 1 is 1.07 bits per heavy atom. The van der Waals surface area contributed by atoms with Gasteiger partial charge in [0.1, 0.15) is 11.5 Å². The van der Waals surface area contributed by atoms with Gasteiger partial charge in [0.05, 0.1) is 23.1 Å². The monoisotopic (exact) mass is 389 g/mol. The summed E-state index contributed by atoms with van der Waals surface area (Å²) in [6.45, 7) is 2.24. The summed E-state index contributed by atoms with van der Waals surface area (Å²) in [6.07, 6.45) is 5.79. The molecule has 0 fully saturated rings. The average molecular weight is 389 g/mol. The second-order valence-electron chi connectivity index (χ2n) is 6.63. The molecule has 0 aliphatic heterocycles. The highest BCUT2D eigenvalue weighted by Gasteiger charge is 2.16. The molecule has 0 aliphatic carbocycles. The van der Waals surface area contributed by atoms with Crippen molar-refractivity contribution in [3.8, 4) is 11.4 Å². The molecule has 2 aromatic heterocycles. The predicted octanol–water partition coefficient (Wildman–Crippen LogP) is 3.48. The highest BCUT2D eigenvalue weighted by atomic mass is 19.1. The lowest BCUT2D eigenvalue weighted by atomic mass is 10.1. The first kappa shape index (κ1) is 18.6. The first-order chi connectivity index (χ1) is 14.1. The van der Waals surface area contributed by atoms with E-state index in [9.17, 15) is 9.18 Å². The van der Waals surface area contributed by atoms with Crippen molar-refractivity contribution in [1.29, 1.82) is 0 Å². The first-order valence-corrected chi connectivity index (χ1v) is 9.30. The summed E-state index contributed by atoms with van der Waals surface area (Å²) in [7, 11) is 0.